The minimum Gasteiger partial charge on any atom is -0.351 e. The van der Waals surface area contributed by atoms with E-state index in [-0.39, 0.29) is 5.91 Å². The van der Waals surface area contributed by atoms with Crippen LogP contribution in [0.4, 0.5) is 0 Å². The molecule has 1 unspecified atom stereocenters. The molecule has 1 heterocycles. The number of nitrogens with two attached hydrogens (primary N) is 1. The quantitative estimate of drug-likeness (QED) is 0.763. The highest BCUT2D eigenvalue weighted by Crippen LogP contribution is 2.07. The van der Waals surface area contributed by atoms with E-state index in [2.05, 4.69) is 24.3 Å². The molecule has 0 aromatic carbocycles. The first-order chi connectivity index (χ1) is 8.58. The molecule has 1 amide bonds. The molecule has 5 nitrogen and oxygen atoms in total. The summed E-state index contributed by atoms with van der Waals surface area (Å²) in [6, 6.07) is -0.397. The van der Waals surface area contributed by atoms with Crippen LogP contribution in [-0.2, 0) is 24.8 Å². The SMILES string of the molecule is CCCCC(N)C(=O)NCc1cn(C)nc1CC. The Morgan fingerprint density at radius 1 is 1.56 bits per heavy atom. The highest BCUT2D eigenvalue weighted by Gasteiger charge is 2.13. The van der Waals surface area contributed by atoms with Crippen LogP contribution in [0.2, 0.25) is 0 Å². The van der Waals surface area contributed by atoms with Crippen molar-refractivity contribution >= 4 is 5.91 Å². The van der Waals surface area contributed by atoms with E-state index in [1.807, 2.05) is 13.2 Å². The lowest BCUT2D eigenvalue weighted by atomic mass is 10.1. The minimum atomic E-state index is -0.397. The maximum atomic E-state index is 11.8. The van der Waals surface area contributed by atoms with Crippen molar-refractivity contribution in [3.63, 3.8) is 0 Å². The molecule has 1 atom stereocenters. The van der Waals surface area contributed by atoms with Crippen molar-refractivity contribution in [1.29, 1.82) is 0 Å². The summed E-state index contributed by atoms with van der Waals surface area (Å²) in [5.41, 5.74) is 7.90. The van der Waals surface area contributed by atoms with Gasteiger partial charge in [-0.3, -0.25) is 9.48 Å². The maximum Gasteiger partial charge on any atom is 0.237 e. The number of aryl methyl sites for hydroxylation is 2. The minimum absolute atomic E-state index is 0.0747. The van der Waals surface area contributed by atoms with E-state index in [9.17, 15) is 4.79 Å². The van der Waals surface area contributed by atoms with Gasteiger partial charge >= 0.3 is 0 Å². The van der Waals surface area contributed by atoms with Crippen LogP contribution in [0.25, 0.3) is 0 Å². The standard InChI is InChI=1S/C13H24N4O/c1-4-6-7-11(14)13(18)15-8-10-9-17(3)16-12(10)5-2/h9,11H,4-8,14H2,1-3H3,(H,15,18). The molecule has 0 aliphatic heterocycles. The van der Waals surface area contributed by atoms with Gasteiger partial charge in [0.05, 0.1) is 11.7 Å². The fourth-order valence-corrected chi connectivity index (χ4v) is 1.90. The molecule has 3 N–H and O–H groups in total. The van der Waals surface area contributed by atoms with E-state index in [0.717, 1.165) is 36.9 Å². The van der Waals surface area contributed by atoms with Crippen LogP contribution in [0.3, 0.4) is 0 Å². The molecule has 0 saturated heterocycles. The zero-order valence-corrected chi connectivity index (χ0v) is 11.6. The van der Waals surface area contributed by atoms with Gasteiger partial charge in [-0.1, -0.05) is 26.7 Å². The van der Waals surface area contributed by atoms with Gasteiger partial charge in [0.25, 0.3) is 0 Å². The highest BCUT2D eigenvalue weighted by molar-refractivity contribution is 5.81. The Labute approximate surface area is 109 Å². The first-order valence-corrected chi connectivity index (χ1v) is 6.63. The van der Waals surface area contributed by atoms with Crippen molar-refractivity contribution in [2.45, 2.75) is 52.1 Å². The van der Waals surface area contributed by atoms with Crippen molar-refractivity contribution in [2.75, 3.05) is 0 Å². The molecule has 0 saturated carbocycles. The van der Waals surface area contributed by atoms with E-state index in [4.69, 9.17) is 5.73 Å². The summed E-state index contributed by atoms with van der Waals surface area (Å²) in [5.74, 6) is -0.0747. The van der Waals surface area contributed by atoms with E-state index in [1.165, 1.54) is 0 Å². The van der Waals surface area contributed by atoms with Gasteiger partial charge in [-0.2, -0.15) is 5.10 Å². The van der Waals surface area contributed by atoms with Gasteiger partial charge in [0.2, 0.25) is 5.91 Å². The predicted molar refractivity (Wildman–Crippen MR) is 71.9 cm³/mol. The third kappa shape index (κ3) is 4.14. The second-order valence-electron chi connectivity index (χ2n) is 4.59. The largest absolute Gasteiger partial charge is 0.351 e. The Balaban J connectivity index is 2.46. The van der Waals surface area contributed by atoms with Gasteiger partial charge in [0.15, 0.2) is 0 Å². The van der Waals surface area contributed by atoms with Gasteiger partial charge in [-0.05, 0) is 12.8 Å². The van der Waals surface area contributed by atoms with Gasteiger partial charge in [0.1, 0.15) is 0 Å². The van der Waals surface area contributed by atoms with Crippen molar-refractivity contribution in [1.82, 2.24) is 15.1 Å². The Morgan fingerprint density at radius 2 is 2.28 bits per heavy atom. The van der Waals surface area contributed by atoms with Crippen LogP contribution in [0, 0.1) is 0 Å². The lowest BCUT2D eigenvalue weighted by Gasteiger charge is -2.11. The van der Waals surface area contributed by atoms with E-state index < -0.39 is 6.04 Å². The zero-order valence-electron chi connectivity index (χ0n) is 11.6. The van der Waals surface area contributed by atoms with Crippen molar-refractivity contribution in [2.24, 2.45) is 12.8 Å². The third-order valence-electron chi connectivity index (χ3n) is 2.99. The van der Waals surface area contributed by atoms with Crippen LogP contribution < -0.4 is 11.1 Å². The summed E-state index contributed by atoms with van der Waals surface area (Å²) in [6.07, 6.45) is 5.60. The molecule has 1 aromatic rings. The van der Waals surface area contributed by atoms with Crippen molar-refractivity contribution in [3.05, 3.63) is 17.5 Å². The van der Waals surface area contributed by atoms with Gasteiger partial charge < -0.3 is 11.1 Å². The number of rotatable bonds is 7. The second-order valence-corrected chi connectivity index (χ2v) is 4.59. The summed E-state index contributed by atoms with van der Waals surface area (Å²) < 4.78 is 1.78. The number of amides is 1. The van der Waals surface area contributed by atoms with Crippen molar-refractivity contribution < 1.29 is 4.79 Å². The fourth-order valence-electron chi connectivity index (χ4n) is 1.90. The number of carbonyl (C=O) groups excluding carboxylic acids is 1. The number of carbonyl (C=O) groups is 1. The van der Waals surface area contributed by atoms with E-state index >= 15 is 0 Å². The van der Waals surface area contributed by atoms with E-state index in [0.29, 0.717) is 6.54 Å². The third-order valence-corrected chi connectivity index (χ3v) is 2.99. The zero-order chi connectivity index (χ0) is 13.5. The molecule has 0 aliphatic carbocycles. The second kappa shape index (κ2) is 7.16. The molecule has 1 rings (SSSR count). The molecule has 102 valence electrons. The summed E-state index contributed by atoms with van der Waals surface area (Å²) in [6.45, 7) is 4.66. The van der Waals surface area contributed by atoms with Crippen LogP contribution in [-0.4, -0.2) is 21.7 Å². The molecule has 0 fully saturated rings. The molecule has 5 heteroatoms. The van der Waals surface area contributed by atoms with Crippen LogP contribution in [0.15, 0.2) is 6.20 Å². The first-order valence-electron chi connectivity index (χ1n) is 6.63. The molecule has 1 aromatic heterocycles. The molecular weight excluding hydrogens is 228 g/mol. The smallest absolute Gasteiger partial charge is 0.237 e. The Kier molecular flexibility index (Phi) is 5.85. The van der Waals surface area contributed by atoms with Gasteiger partial charge in [-0.15, -0.1) is 0 Å². The summed E-state index contributed by atoms with van der Waals surface area (Å²) in [7, 11) is 1.89. The topological polar surface area (TPSA) is 72.9 Å². The lowest BCUT2D eigenvalue weighted by molar-refractivity contribution is -0.122. The van der Waals surface area contributed by atoms with Gasteiger partial charge in [0, 0.05) is 25.4 Å². The average molecular weight is 252 g/mol. The number of aromatic nitrogens is 2. The number of nitrogens with one attached hydrogen (secondary N) is 1. The predicted octanol–water partition coefficient (Wildman–Crippen LogP) is 1.12. The normalized spacial score (nSPS) is 12.4. The molecule has 0 aliphatic rings. The Hall–Kier alpha value is -1.36. The van der Waals surface area contributed by atoms with Gasteiger partial charge in [-0.25, -0.2) is 0 Å². The highest BCUT2D eigenvalue weighted by atomic mass is 16.2. The summed E-state index contributed by atoms with van der Waals surface area (Å²) >= 11 is 0. The van der Waals surface area contributed by atoms with Crippen LogP contribution in [0.1, 0.15) is 44.4 Å². The molecule has 0 bridgehead atoms. The van der Waals surface area contributed by atoms with Crippen LogP contribution >= 0.6 is 0 Å². The first kappa shape index (κ1) is 14.7. The maximum absolute atomic E-state index is 11.8. The molecule has 18 heavy (non-hydrogen) atoms. The van der Waals surface area contributed by atoms with Crippen LogP contribution in [0.5, 0.6) is 0 Å². The Morgan fingerprint density at radius 3 is 2.89 bits per heavy atom. The Bertz CT molecular complexity index is 386. The summed E-state index contributed by atoms with van der Waals surface area (Å²) in [4.78, 5) is 11.8. The average Bonchev–Trinajstić information content (AvgIpc) is 2.73. The summed E-state index contributed by atoms with van der Waals surface area (Å²) in [5, 5.41) is 7.21. The number of hydrogen-bond acceptors (Lipinski definition) is 3. The molecule has 0 radical (unpaired) electrons. The molecular formula is C13H24N4O. The lowest BCUT2D eigenvalue weighted by Crippen LogP contribution is -2.40. The monoisotopic (exact) mass is 252 g/mol. The van der Waals surface area contributed by atoms with Crippen molar-refractivity contribution in [3.8, 4) is 0 Å². The number of nitrogens with zero attached hydrogens (tertiary/aromatic N) is 2. The number of unbranched alkanes of at least 4 members (excludes halogenated alkanes) is 1. The van der Waals surface area contributed by atoms with E-state index in [1.54, 1.807) is 4.68 Å². The molecule has 0 spiro atoms. The fraction of sp³-hybridized carbons (Fsp3) is 0.692. The number of hydrogen-bond donors (Lipinski definition) is 2.